The van der Waals surface area contributed by atoms with Crippen LogP contribution in [-0.2, 0) is 21.2 Å². The Morgan fingerprint density at radius 3 is 2.69 bits per heavy atom. The number of hydrogen-bond donors (Lipinski definition) is 2. The topological polar surface area (TPSA) is 129 Å². The van der Waals surface area contributed by atoms with E-state index in [9.17, 15) is 23.1 Å². The molecule has 0 saturated heterocycles. The number of thiophene rings is 1. The van der Waals surface area contributed by atoms with Gasteiger partial charge in [-0.15, -0.1) is 11.3 Å². The third kappa shape index (κ3) is 6.64. The molecule has 3 aromatic rings. The van der Waals surface area contributed by atoms with Crippen molar-refractivity contribution in [2.75, 3.05) is 32.1 Å². The van der Waals surface area contributed by atoms with Crippen molar-refractivity contribution in [2.45, 2.75) is 36.6 Å². The molecule has 12 heteroatoms. The summed E-state index contributed by atoms with van der Waals surface area (Å²) >= 11 is 1.14. The summed E-state index contributed by atoms with van der Waals surface area (Å²) in [5.41, 5.74) is 1.47. The van der Waals surface area contributed by atoms with Crippen molar-refractivity contribution in [3.8, 4) is 5.75 Å². The number of likely N-dealkylation sites (N-methyl/N-ethyl adjacent to an activating group) is 1. The molecule has 2 amide bonds. The number of nitrogens with zero attached hydrogens (tertiary/aromatic N) is 3. The molecule has 0 spiro atoms. The second kappa shape index (κ2) is 12.2. The van der Waals surface area contributed by atoms with E-state index in [1.807, 2.05) is 6.92 Å². The molecule has 2 aromatic heterocycles. The second-order valence-corrected chi connectivity index (χ2v) is 12.8. The van der Waals surface area contributed by atoms with Gasteiger partial charge in [0, 0.05) is 48.7 Å². The van der Waals surface area contributed by atoms with Gasteiger partial charge in [-0.3, -0.25) is 14.6 Å². The highest BCUT2D eigenvalue weighted by Gasteiger charge is 2.33. The average Bonchev–Trinajstić information content (AvgIpc) is 3.49. The highest BCUT2D eigenvalue weighted by atomic mass is 32.2. The van der Waals surface area contributed by atoms with Gasteiger partial charge in [0.1, 0.15) is 16.1 Å². The summed E-state index contributed by atoms with van der Waals surface area (Å²) in [7, 11) is -2.21. The first-order chi connectivity index (χ1) is 18.6. The van der Waals surface area contributed by atoms with Crippen LogP contribution in [0.5, 0.6) is 5.75 Å². The molecule has 2 N–H and O–H groups in total. The minimum absolute atomic E-state index is 0.0125. The van der Waals surface area contributed by atoms with Crippen LogP contribution >= 0.6 is 11.3 Å². The summed E-state index contributed by atoms with van der Waals surface area (Å²) in [4.78, 5) is 31.6. The summed E-state index contributed by atoms with van der Waals surface area (Å²) in [6.07, 6.45) is 2.44. The number of rotatable bonds is 8. The van der Waals surface area contributed by atoms with Gasteiger partial charge in [-0.1, -0.05) is 13.0 Å². The molecule has 4 rings (SSSR count). The Morgan fingerprint density at radius 1 is 1.28 bits per heavy atom. The van der Waals surface area contributed by atoms with Crippen LogP contribution in [0.25, 0.3) is 0 Å². The number of amides is 2. The number of ether oxygens (including phenoxy) is 1. The first-order valence-corrected chi connectivity index (χ1v) is 14.8. The van der Waals surface area contributed by atoms with E-state index >= 15 is 0 Å². The summed E-state index contributed by atoms with van der Waals surface area (Å²) in [6, 6.07) is 11.1. The van der Waals surface area contributed by atoms with E-state index in [0.29, 0.717) is 22.6 Å². The van der Waals surface area contributed by atoms with E-state index in [1.165, 1.54) is 23.7 Å². The van der Waals surface area contributed by atoms with E-state index in [0.717, 1.165) is 11.3 Å². The van der Waals surface area contributed by atoms with Gasteiger partial charge < -0.3 is 20.1 Å². The molecule has 1 aliphatic heterocycles. The number of carbonyl (C=O) groups excluding carboxylic acids is 2. The average molecular weight is 573 g/mol. The van der Waals surface area contributed by atoms with Crippen molar-refractivity contribution in [3.63, 3.8) is 0 Å². The van der Waals surface area contributed by atoms with Crippen molar-refractivity contribution in [1.82, 2.24) is 14.2 Å². The van der Waals surface area contributed by atoms with Gasteiger partial charge in [0.15, 0.2) is 0 Å². The largest absolute Gasteiger partial charge is 0.488 e. The third-order valence-corrected chi connectivity index (χ3v) is 9.91. The Bertz CT molecular complexity index is 1400. The summed E-state index contributed by atoms with van der Waals surface area (Å²) < 4.78 is 34.1. The quantitative estimate of drug-likeness (QED) is 0.425. The van der Waals surface area contributed by atoms with Crippen LogP contribution in [0.3, 0.4) is 0 Å². The molecule has 10 nitrogen and oxygen atoms in total. The number of fused-ring (bicyclic) bond motifs is 1. The fourth-order valence-corrected chi connectivity index (χ4v) is 6.73. The van der Waals surface area contributed by atoms with E-state index in [4.69, 9.17) is 4.74 Å². The molecule has 0 radical (unpaired) electrons. The molecule has 3 atom stereocenters. The van der Waals surface area contributed by atoms with Crippen molar-refractivity contribution in [3.05, 3.63) is 71.4 Å². The van der Waals surface area contributed by atoms with Crippen LogP contribution in [0.1, 0.15) is 29.8 Å². The molecular formula is C27H32N4O6S2. The van der Waals surface area contributed by atoms with Crippen molar-refractivity contribution in [1.29, 1.82) is 0 Å². The number of carbonyl (C=O) groups is 2. The summed E-state index contributed by atoms with van der Waals surface area (Å²) in [5.74, 6) is -0.357. The minimum Gasteiger partial charge on any atom is -0.488 e. The van der Waals surface area contributed by atoms with E-state index in [-0.39, 0.29) is 48.1 Å². The maximum Gasteiger partial charge on any atom is 0.255 e. The standard InChI is InChI=1S/C27H32N4O6S2/c1-18-15-31(19(2)17-32)25(33)14-21-13-22(29-27(34)20-8-10-28-11-9-20)6-7-23(21)37-24(18)16-30(3)39(35,36)26-5-4-12-38-26/h4-13,18-19,24,32H,14-17H2,1-3H3,(H,29,34)/t18-,19+,24+/m1/s1. The number of aliphatic hydroxyl groups is 1. The molecule has 0 bridgehead atoms. The van der Waals surface area contributed by atoms with Crippen LogP contribution in [-0.4, -0.2) is 78.4 Å². The number of hydrogen-bond acceptors (Lipinski definition) is 8. The van der Waals surface area contributed by atoms with Gasteiger partial charge in [0.25, 0.3) is 15.9 Å². The Balaban J connectivity index is 1.65. The Hall–Kier alpha value is -3.32. The lowest BCUT2D eigenvalue weighted by Gasteiger charge is -2.33. The van der Waals surface area contributed by atoms with Crippen LogP contribution in [0.4, 0.5) is 5.69 Å². The van der Waals surface area contributed by atoms with Gasteiger partial charge in [0.2, 0.25) is 5.91 Å². The molecule has 0 aliphatic carbocycles. The number of aromatic nitrogens is 1. The van der Waals surface area contributed by atoms with Gasteiger partial charge in [0.05, 0.1) is 25.6 Å². The Kier molecular flexibility index (Phi) is 9.01. The van der Waals surface area contributed by atoms with E-state index < -0.39 is 22.2 Å². The number of nitrogens with one attached hydrogen (secondary N) is 1. The van der Waals surface area contributed by atoms with Gasteiger partial charge in [-0.2, -0.15) is 4.31 Å². The maximum absolute atomic E-state index is 13.4. The number of benzene rings is 1. The molecular weight excluding hydrogens is 540 g/mol. The monoisotopic (exact) mass is 572 g/mol. The normalized spacial score (nSPS) is 18.9. The van der Waals surface area contributed by atoms with Crippen molar-refractivity contribution >= 4 is 38.9 Å². The molecule has 3 heterocycles. The first-order valence-electron chi connectivity index (χ1n) is 12.5. The lowest BCUT2D eigenvalue weighted by Crippen LogP contribution is -2.48. The summed E-state index contributed by atoms with van der Waals surface area (Å²) in [5, 5.41) is 14.4. The Morgan fingerprint density at radius 2 is 2.03 bits per heavy atom. The number of aliphatic hydroxyl groups excluding tert-OH is 1. The van der Waals surface area contributed by atoms with Crippen LogP contribution in [0.2, 0.25) is 0 Å². The van der Waals surface area contributed by atoms with Crippen LogP contribution in [0.15, 0.2) is 64.4 Å². The highest BCUT2D eigenvalue weighted by Crippen LogP contribution is 2.30. The van der Waals surface area contributed by atoms with Crippen molar-refractivity contribution in [2.24, 2.45) is 5.92 Å². The lowest BCUT2D eigenvalue weighted by molar-refractivity contribution is -0.134. The van der Waals surface area contributed by atoms with Crippen LogP contribution < -0.4 is 10.1 Å². The zero-order valence-corrected chi connectivity index (χ0v) is 23.6. The number of anilines is 1. The molecule has 0 fully saturated rings. The fraction of sp³-hybridized carbons (Fsp3) is 0.370. The highest BCUT2D eigenvalue weighted by molar-refractivity contribution is 7.91. The second-order valence-electron chi connectivity index (χ2n) is 9.62. The van der Waals surface area contributed by atoms with Gasteiger partial charge in [-0.25, -0.2) is 8.42 Å². The third-order valence-electron chi connectivity index (χ3n) is 6.71. The SMILES string of the molecule is C[C@@H]1CN([C@@H](C)CO)C(=O)Cc2cc(NC(=O)c3ccncc3)ccc2O[C@H]1CN(C)S(=O)(=O)c1cccs1. The number of pyridine rings is 1. The van der Waals surface area contributed by atoms with E-state index in [1.54, 1.807) is 59.7 Å². The van der Waals surface area contributed by atoms with E-state index in [2.05, 4.69) is 10.3 Å². The Labute approximate surface area is 232 Å². The molecule has 1 aliphatic rings. The lowest BCUT2D eigenvalue weighted by atomic mass is 10.0. The zero-order chi connectivity index (χ0) is 28.2. The molecule has 0 saturated carbocycles. The summed E-state index contributed by atoms with van der Waals surface area (Å²) in [6.45, 7) is 3.77. The minimum atomic E-state index is -3.72. The van der Waals surface area contributed by atoms with Gasteiger partial charge in [-0.05, 0) is 48.7 Å². The number of sulfonamides is 1. The zero-order valence-electron chi connectivity index (χ0n) is 22.0. The molecule has 0 unspecified atom stereocenters. The molecule has 1 aromatic carbocycles. The smallest absolute Gasteiger partial charge is 0.255 e. The molecule has 208 valence electrons. The molecule has 39 heavy (non-hydrogen) atoms. The van der Waals surface area contributed by atoms with Crippen LogP contribution in [0, 0.1) is 5.92 Å². The predicted octanol–water partition coefficient (Wildman–Crippen LogP) is 2.87. The predicted molar refractivity (Wildman–Crippen MR) is 148 cm³/mol. The van der Waals surface area contributed by atoms with Gasteiger partial charge >= 0.3 is 0 Å². The maximum atomic E-state index is 13.4. The van der Waals surface area contributed by atoms with Crippen molar-refractivity contribution < 1.29 is 27.9 Å². The fourth-order valence-electron chi connectivity index (χ4n) is 4.35. The first kappa shape index (κ1) is 28.7.